The molecule has 21 heteroatoms. The summed E-state index contributed by atoms with van der Waals surface area (Å²) in [6.07, 6.45) is 8.33. The zero-order valence-electron chi connectivity index (χ0n) is 47.9. The van der Waals surface area contributed by atoms with Crippen molar-refractivity contribution >= 4 is 57.8 Å². The van der Waals surface area contributed by atoms with E-state index >= 15 is 0 Å². The Kier molecular flexibility index (Phi) is 29.6. The standard InChI is InChI=1S/C31H38N2O8.C19H25IN2O5.C12H14O3/c1-31(30(38)32-2,27(36)21-41-28-6-4-5-17-39-28)33(3)29(37)25-15-13-23(14-16-25)8-7-22-9-11-24(12-10-22)20-40-26(18-34)19-35;1-19(18(25)21-2,15(23)12-27-16-6-4-5-11-26-16)22(3)17(24)13-7-9-14(20)10-8-13;1-2-10-3-5-11(6-4-10)9-15-12(7-13)8-14/h9-16,26,28,34-35H,4-6,17-21H2,1-3H3,(H,32,38);7-10,16H,4-6,11-12H2,1-3H3,(H,21,25);1,3-6,12-14H,7-9H2/t28?,31-;16?,19-;/m11./s1. The average molecular weight is 1260 g/mol. The highest BCUT2D eigenvalue weighted by molar-refractivity contribution is 14.1. The van der Waals surface area contributed by atoms with E-state index in [0.29, 0.717) is 49.4 Å². The summed E-state index contributed by atoms with van der Waals surface area (Å²) in [5, 5.41) is 40.7. The van der Waals surface area contributed by atoms with E-state index in [2.05, 4.69) is 51.0 Å². The maximum Gasteiger partial charge on any atom is 0.254 e. The number of aliphatic hydroxyl groups is 4. The lowest BCUT2D eigenvalue weighted by Gasteiger charge is -2.36. The highest BCUT2D eigenvalue weighted by atomic mass is 127. The number of aliphatic hydroxyl groups excluding tert-OH is 4. The first-order valence-electron chi connectivity index (χ1n) is 27.1. The number of carbonyl (C=O) groups excluding carboxylic acids is 6. The van der Waals surface area contributed by atoms with Crippen LogP contribution in [0.3, 0.4) is 0 Å². The molecule has 0 radical (unpaired) electrons. The van der Waals surface area contributed by atoms with Crippen LogP contribution in [0.25, 0.3) is 0 Å². The molecule has 20 nitrogen and oxygen atoms in total. The fourth-order valence-corrected chi connectivity index (χ4v) is 8.44. The lowest BCUT2D eigenvalue weighted by Crippen LogP contribution is -2.62. The number of ketones is 2. The van der Waals surface area contributed by atoms with Gasteiger partial charge in [0.2, 0.25) is 0 Å². The number of hydrogen-bond acceptors (Lipinski definition) is 16. The molecule has 2 unspecified atom stereocenters. The van der Waals surface area contributed by atoms with Crippen molar-refractivity contribution in [3.05, 3.63) is 140 Å². The number of carbonyl (C=O) groups is 6. The minimum atomic E-state index is -1.78. The molecule has 0 aliphatic carbocycles. The first-order chi connectivity index (χ1) is 39.8. The van der Waals surface area contributed by atoms with Crippen LogP contribution in [0, 0.1) is 27.8 Å². The molecule has 0 saturated carbocycles. The van der Waals surface area contributed by atoms with Crippen molar-refractivity contribution in [2.45, 2.75) is 101 Å². The Morgan fingerprint density at radius 3 is 1.27 bits per heavy atom. The van der Waals surface area contributed by atoms with Crippen molar-refractivity contribution in [3.63, 3.8) is 0 Å². The lowest BCUT2D eigenvalue weighted by atomic mass is 9.92. The number of nitrogens with one attached hydrogen (secondary N) is 2. The molecule has 2 heterocycles. The Bertz CT molecular complexity index is 2800. The van der Waals surface area contributed by atoms with Crippen LogP contribution in [-0.4, -0.2) is 182 Å². The van der Waals surface area contributed by atoms with Gasteiger partial charge >= 0.3 is 0 Å². The molecule has 0 aromatic heterocycles. The van der Waals surface area contributed by atoms with Crippen LogP contribution in [0.15, 0.2) is 97.1 Å². The monoisotopic (exact) mass is 1260 g/mol. The zero-order chi connectivity index (χ0) is 61.0. The van der Waals surface area contributed by atoms with Crippen LogP contribution < -0.4 is 10.6 Å². The van der Waals surface area contributed by atoms with Gasteiger partial charge in [-0.05, 0) is 159 Å². The Morgan fingerprint density at radius 2 is 0.940 bits per heavy atom. The second-order valence-electron chi connectivity index (χ2n) is 19.6. The molecule has 2 saturated heterocycles. The summed E-state index contributed by atoms with van der Waals surface area (Å²) in [6, 6.07) is 28.3. The first-order valence-corrected chi connectivity index (χ1v) is 28.1. The molecule has 2 aliphatic heterocycles. The topological polar surface area (TPSA) is 269 Å². The van der Waals surface area contributed by atoms with Crippen LogP contribution in [-0.2, 0) is 60.8 Å². The number of halogens is 1. The number of benzene rings is 4. The van der Waals surface area contributed by atoms with E-state index in [1.165, 1.54) is 46.9 Å². The Morgan fingerprint density at radius 1 is 0.590 bits per heavy atom. The van der Waals surface area contributed by atoms with Crippen LogP contribution in [0.5, 0.6) is 0 Å². The Labute approximate surface area is 499 Å². The molecule has 0 spiro atoms. The van der Waals surface area contributed by atoms with Gasteiger partial charge in [0.1, 0.15) is 25.4 Å². The fourth-order valence-electron chi connectivity index (χ4n) is 8.08. The second kappa shape index (κ2) is 35.6. The summed E-state index contributed by atoms with van der Waals surface area (Å²) in [4.78, 5) is 80.0. The summed E-state index contributed by atoms with van der Waals surface area (Å²) in [6.45, 7) is 3.08. The van der Waals surface area contributed by atoms with Crippen molar-refractivity contribution in [1.82, 2.24) is 20.4 Å². The van der Waals surface area contributed by atoms with E-state index < -0.39 is 71.1 Å². The van der Waals surface area contributed by atoms with Gasteiger partial charge in [-0.25, -0.2) is 0 Å². The molecule has 2 fully saturated rings. The predicted octanol–water partition coefficient (Wildman–Crippen LogP) is 4.16. The average Bonchev–Trinajstić information content (AvgIpc) is 3.64. The van der Waals surface area contributed by atoms with Gasteiger partial charge in [0.15, 0.2) is 35.2 Å². The third kappa shape index (κ3) is 20.7. The number of likely N-dealkylation sites (N-methyl/N-ethyl adjacent to an activating group) is 4. The van der Waals surface area contributed by atoms with E-state index in [0.717, 1.165) is 56.4 Å². The van der Waals surface area contributed by atoms with Gasteiger partial charge in [-0.3, -0.25) is 28.8 Å². The highest BCUT2D eigenvalue weighted by Crippen LogP contribution is 2.24. The molecule has 448 valence electrons. The molecule has 4 aromatic carbocycles. The molecule has 4 atom stereocenters. The zero-order valence-corrected chi connectivity index (χ0v) is 50.1. The van der Waals surface area contributed by atoms with Crippen LogP contribution >= 0.6 is 22.6 Å². The number of terminal acetylenes is 1. The molecule has 6 rings (SSSR count). The minimum Gasteiger partial charge on any atom is -0.394 e. The lowest BCUT2D eigenvalue weighted by molar-refractivity contribution is -0.174. The van der Waals surface area contributed by atoms with E-state index in [1.807, 2.05) is 48.5 Å². The van der Waals surface area contributed by atoms with Crippen LogP contribution in [0.2, 0.25) is 0 Å². The fraction of sp³-hybridized carbons (Fsp3) is 0.452. The number of nitrogens with zero attached hydrogens (tertiary/aromatic N) is 2. The predicted molar refractivity (Wildman–Crippen MR) is 316 cm³/mol. The van der Waals surface area contributed by atoms with Crippen molar-refractivity contribution in [2.75, 3.05) is 81.0 Å². The molecule has 83 heavy (non-hydrogen) atoms. The van der Waals surface area contributed by atoms with Crippen molar-refractivity contribution in [3.8, 4) is 24.2 Å². The summed E-state index contributed by atoms with van der Waals surface area (Å²) in [5.41, 5.74) is 1.33. The van der Waals surface area contributed by atoms with Crippen LogP contribution in [0.1, 0.15) is 101 Å². The van der Waals surface area contributed by atoms with Crippen LogP contribution in [0.4, 0.5) is 0 Å². The van der Waals surface area contributed by atoms with Crippen molar-refractivity contribution in [2.24, 2.45) is 0 Å². The number of rotatable bonds is 24. The van der Waals surface area contributed by atoms with E-state index in [-0.39, 0.29) is 46.2 Å². The molecular weight excluding hydrogens is 1180 g/mol. The number of hydrogen-bond donors (Lipinski definition) is 6. The number of Topliss-reactive ketones (excluding diaryl/α,β-unsaturated/α-hetero) is 2. The minimum absolute atomic E-state index is 0.182. The quantitative estimate of drug-likeness (QED) is 0.0327. The third-order valence-corrected chi connectivity index (χ3v) is 14.6. The Hall–Kier alpha value is -6.45. The van der Waals surface area contributed by atoms with E-state index in [4.69, 9.17) is 55.3 Å². The molecule has 4 amide bonds. The largest absolute Gasteiger partial charge is 0.394 e. The van der Waals surface area contributed by atoms with Gasteiger partial charge in [0.25, 0.3) is 23.6 Å². The molecule has 4 aromatic rings. The van der Waals surface area contributed by atoms with Crippen molar-refractivity contribution < 1.29 is 77.6 Å². The van der Waals surface area contributed by atoms with E-state index in [1.54, 1.807) is 48.5 Å². The maximum atomic E-state index is 13.3. The summed E-state index contributed by atoms with van der Waals surface area (Å²) in [7, 11) is 5.71. The first kappa shape index (κ1) is 69.0. The van der Waals surface area contributed by atoms with Gasteiger partial charge in [0, 0.05) is 72.8 Å². The molecule has 6 N–H and O–H groups in total. The third-order valence-electron chi connectivity index (χ3n) is 13.9. The molecular formula is C62H77IN4O16. The van der Waals surface area contributed by atoms with Gasteiger partial charge in [-0.2, -0.15) is 0 Å². The molecule has 2 aliphatic rings. The molecule has 0 bridgehead atoms. The van der Waals surface area contributed by atoms with Gasteiger partial charge in [0.05, 0.1) is 39.6 Å². The SMILES string of the molecule is C#Cc1ccc(COC(CO)CO)cc1.CNC(=O)[C@@](C)(C(=O)COC1CCCCO1)N(C)C(=O)c1ccc(C#Cc2ccc(COC(CO)CO)cc2)cc1.CNC(=O)[C@@](C)(C(=O)COC1CCCCO1)N(C)C(=O)c1ccc(I)cc1. The number of amides is 4. The van der Waals surface area contributed by atoms with Gasteiger partial charge in [-0.15, -0.1) is 6.42 Å². The normalized spacial score (nSPS) is 16.1. The summed E-state index contributed by atoms with van der Waals surface area (Å²) >= 11 is 2.14. The van der Waals surface area contributed by atoms with E-state index in [9.17, 15) is 28.8 Å². The summed E-state index contributed by atoms with van der Waals surface area (Å²) in [5.74, 6) is 5.48. The maximum absolute atomic E-state index is 13.3. The highest BCUT2D eigenvalue weighted by Gasteiger charge is 2.48. The van der Waals surface area contributed by atoms with Crippen molar-refractivity contribution in [1.29, 1.82) is 0 Å². The Balaban J connectivity index is 0.000000300. The second-order valence-corrected chi connectivity index (χ2v) is 20.8. The summed E-state index contributed by atoms with van der Waals surface area (Å²) < 4.78 is 33.8. The smallest absolute Gasteiger partial charge is 0.254 e. The van der Waals surface area contributed by atoms with Gasteiger partial charge < -0.3 is 69.3 Å². The number of ether oxygens (including phenoxy) is 6. The van der Waals surface area contributed by atoms with Gasteiger partial charge in [-0.1, -0.05) is 42.0 Å².